The topological polar surface area (TPSA) is 69.6 Å². The van der Waals surface area contributed by atoms with Crippen LogP contribution in [0.5, 0.6) is 0 Å². The van der Waals surface area contributed by atoms with Crippen molar-refractivity contribution in [2.24, 2.45) is 5.92 Å². The molecule has 0 radical (unpaired) electrons. The zero-order valence-corrected chi connectivity index (χ0v) is 12.3. The normalized spacial score (nSPS) is 20.7. The summed E-state index contributed by atoms with van der Waals surface area (Å²) >= 11 is 0. The SMILES string of the molecule is C[C@H](NC(=O)[C@H]1CCCN(Cc2ccccc2)C1)C(=O)O. The molecule has 1 aliphatic heterocycles. The van der Waals surface area contributed by atoms with Crippen molar-refractivity contribution in [2.45, 2.75) is 32.4 Å². The second-order valence-corrected chi connectivity index (χ2v) is 5.63. The summed E-state index contributed by atoms with van der Waals surface area (Å²) in [5.41, 5.74) is 1.23. The van der Waals surface area contributed by atoms with E-state index in [9.17, 15) is 9.59 Å². The molecule has 0 aliphatic carbocycles. The smallest absolute Gasteiger partial charge is 0.325 e. The number of hydrogen-bond acceptors (Lipinski definition) is 3. The van der Waals surface area contributed by atoms with E-state index >= 15 is 0 Å². The molecule has 0 bridgehead atoms. The third-order valence-electron chi connectivity index (χ3n) is 3.85. The summed E-state index contributed by atoms with van der Waals surface area (Å²) < 4.78 is 0. The van der Waals surface area contributed by atoms with E-state index in [1.807, 2.05) is 18.2 Å². The predicted octanol–water partition coefficient (Wildman–Crippen LogP) is 1.49. The molecular weight excluding hydrogens is 268 g/mol. The predicted molar refractivity (Wildman–Crippen MR) is 79.7 cm³/mol. The van der Waals surface area contributed by atoms with E-state index in [1.54, 1.807) is 0 Å². The Morgan fingerprint density at radius 3 is 2.76 bits per heavy atom. The van der Waals surface area contributed by atoms with E-state index in [-0.39, 0.29) is 11.8 Å². The molecule has 1 saturated heterocycles. The maximum absolute atomic E-state index is 12.1. The van der Waals surface area contributed by atoms with Crippen LogP contribution in [0.2, 0.25) is 0 Å². The van der Waals surface area contributed by atoms with E-state index < -0.39 is 12.0 Å². The number of rotatable bonds is 5. The number of carboxylic acids is 1. The molecule has 0 aromatic heterocycles. The lowest BCUT2D eigenvalue weighted by Crippen LogP contribution is -2.47. The largest absolute Gasteiger partial charge is 0.480 e. The first-order valence-electron chi connectivity index (χ1n) is 7.35. The van der Waals surface area contributed by atoms with Crippen LogP contribution in [-0.2, 0) is 16.1 Å². The van der Waals surface area contributed by atoms with Crippen molar-refractivity contribution in [1.82, 2.24) is 10.2 Å². The number of nitrogens with one attached hydrogen (secondary N) is 1. The molecule has 1 aromatic rings. The lowest BCUT2D eigenvalue weighted by Gasteiger charge is -2.32. The van der Waals surface area contributed by atoms with E-state index in [2.05, 4.69) is 22.3 Å². The summed E-state index contributed by atoms with van der Waals surface area (Å²) in [4.78, 5) is 25.2. The monoisotopic (exact) mass is 290 g/mol. The van der Waals surface area contributed by atoms with E-state index in [4.69, 9.17) is 5.11 Å². The summed E-state index contributed by atoms with van der Waals surface area (Å²) in [6, 6.07) is 9.34. The molecule has 5 nitrogen and oxygen atoms in total. The molecule has 2 rings (SSSR count). The van der Waals surface area contributed by atoms with Crippen LogP contribution in [0.4, 0.5) is 0 Å². The van der Waals surface area contributed by atoms with Gasteiger partial charge >= 0.3 is 5.97 Å². The number of amides is 1. The van der Waals surface area contributed by atoms with Crippen LogP contribution < -0.4 is 5.32 Å². The summed E-state index contributed by atoms with van der Waals surface area (Å²) in [6.45, 7) is 3.99. The molecule has 1 heterocycles. The van der Waals surface area contributed by atoms with Gasteiger partial charge < -0.3 is 10.4 Å². The maximum atomic E-state index is 12.1. The Kier molecular flexibility index (Phi) is 5.33. The van der Waals surface area contributed by atoms with Gasteiger partial charge in [-0.15, -0.1) is 0 Å². The molecule has 0 spiro atoms. The Labute approximate surface area is 125 Å². The first-order chi connectivity index (χ1) is 10.1. The van der Waals surface area contributed by atoms with Gasteiger partial charge in [0.2, 0.25) is 5.91 Å². The molecule has 1 fully saturated rings. The van der Waals surface area contributed by atoms with Gasteiger partial charge in [0, 0.05) is 13.1 Å². The zero-order chi connectivity index (χ0) is 15.2. The van der Waals surface area contributed by atoms with Crippen molar-refractivity contribution in [2.75, 3.05) is 13.1 Å². The van der Waals surface area contributed by atoms with Crippen LogP contribution in [0, 0.1) is 5.92 Å². The third kappa shape index (κ3) is 4.56. The Hall–Kier alpha value is -1.88. The molecule has 1 amide bonds. The highest BCUT2D eigenvalue weighted by molar-refractivity contribution is 5.84. The van der Waals surface area contributed by atoms with Crippen LogP contribution in [0.25, 0.3) is 0 Å². The standard InChI is InChI=1S/C16H22N2O3/c1-12(16(20)21)17-15(19)14-8-5-9-18(11-14)10-13-6-3-2-4-7-13/h2-4,6-7,12,14H,5,8-11H2,1H3,(H,17,19)(H,20,21)/t12-,14-/m0/s1. The lowest BCUT2D eigenvalue weighted by molar-refractivity contribution is -0.142. The van der Waals surface area contributed by atoms with E-state index in [0.717, 1.165) is 25.9 Å². The Morgan fingerprint density at radius 1 is 1.38 bits per heavy atom. The summed E-state index contributed by atoms with van der Waals surface area (Å²) in [5.74, 6) is -1.27. The maximum Gasteiger partial charge on any atom is 0.325 e. The molecule has 5 heteroatoms. The molecule has 2 atom stereocenters. The fraction of sp³-hybridized carbons (Fsp3) is 0.500. The molecule has 2 N–H and O–H groups in total. The first-order valence-corrected chi connectivity index (χ1v) is 7.35. The number of nitrogens with zero attached hydrogens (tertiary/aromatic N) is 1. The molecule has 114 valence electrons. The molecule has 0 saturated carbocycles. The highest BCUT2D eigenvalue weighted by atomic mass is 16.4. The van der Waals surface area contributed by atoms with Gasteiger partial charge in [-0.05, 0) is 31.9 Å². The first kappa shape index (κ1) is 15.5. The fourth-order valence-electron chi connectivity index (χ4n) is 2.65. The number of piperidine rings is 1. The minimum atomic E-state index is -1.000. The summed E-state index contributed by atoms with van der Waals surface area (Å²) in [5, 5.41) is 11.4. The number of likely N-dealkylation sites (tertiary alicyclic amines) is 1. The van der Waals surface area contributed by atoms with Crippen LogP contribution in [0.15, 0.2) is 30.3 Å². The molecule has 1 aliphatic rings. The van der Waals surface area contributed by atoms with Crippen molar-refractivity contribution in [3.8, 4) is 0 Å². The van der Waals surface area contributed by atoms with Gasteiger partial charge in [0.05, 0.1) is 5.92 Å². The number of hydrogen-bond donors (Lipinski definition) is 2. The van der Waals surface area contributed by atoms with Gasteiger partial charge in [0.15, 0.2) is 0 Å². The van der Waals surface area contributed by atoms with Crippen LogP contribution >= 0.6 is 0 Å². The van der Waals surface area contributed by atoms with E-state index in [1.165, 1.54) is 12.5 Å². The van der Waals surface area contributed by atoms with Gasteiger partial charge in [-0.25, -0.2) is 0 Å². The highest BCUT2D eigenvalue weighted by Crippen LogP contribution is 2.19. The third-order valence-corrected chi connectivity index (χ3v) is 3.85. The van der Waals surface area contributed by atoms with Crippen LogP contribution in [0.1, 0.15) is 25.3 Å². The van der Waals surface area contributed by atoms with Gasteiger partial charge in [0.25, 0.3) is 0 Å². The van der Waals surface area contributed by atoms with Crippen LogP contribution in [-0.4, -0.2) is 41.0 Å². The average molecular weight is 290 g/mol. The van der Waals surface area contributed by atoms with Gasteiger partial charge in [-0.2, -0.15) is 0 Å². The lowest BCUT2D eigenvalue weighted by atomic mass is 9.96. The number of carboxylic acid groups (broad SMARTS) is 1. The molecule has 21 heavy (non-hydrogen) atoms. The number of carbonyl (C=O) groups is 2. The number of benzene rings is 1. The van der Waals surface area contributed by atoms with Crippen molar-refractivity contribution < 1.29 is 14.7 Å². The molecule has 0 unspecified atom stereocenters. The second-order valence-electron chi connectivity index (χ2n) is 5.63. The Morgan fingerprint density at radius 2 is 2.10 bits per heavy atom. The fourth-order valence-corrected chi connectivity index (χ4v) is 2.65. The zero-order valence-electron chi connectivity index (χ0n) is 12.3. The van der Waals surface area contributed by atoms with Gasteiger partial charge in [-0.1, -0.05) is 30.3 Å². The Balaban J connectivity index is 1.88. The van der Waals surface area contributed by atoms with Gasteiger partial charge in [0.1, 0.15) is 6.04 Å². The minimum absolute atomic E-state index is 0.121. The Bertz CT molecular complexity index is 490. The number of carbonyl (C=O) groups excluding carboxylic acids is 1. The second kappa shape index (κ2) is 7.22. The van der Waals surface area contributed by atoms with Gasteiger partial charge in [-0.3, -0.25) is 14.5 Å². The molecule has 1 aromatic carbocycles. The molecular formula is C16H22N2O3. The van der Waals surface area contributed by atoms with E-state index in [0.29, 0.717) is 6.54 Å². The summed E-state index contributed by atoms with van der Waals surface area (Å²) in [7, 11) is 0. The highest BCUT2D eigenvalue weighted by Gasteiger charge is 2.27. The average Bonchev–Trinajstić information content (AvgIpc) is 2.48. The van der Waals surface area contributed by atoms with Crippen molar-refractivity contribution >= 4 is 11.9 Å². The number of aliphatic carboxylic acids is 1. The quantitative estimate of drug-likeness (QED) is 0.862. The summed E-state index contributed by atoms with van der Waals surface area (Å²) in [6.07, 6.45) is 1.79. The van der Waals surface area contributed by atoms with Crippen molar-refractivity contribution in [3.05, 3.63) is 35.9 Å². The van der Waals surface area contributed by atoms with Crippen molar-refractivity contribution in [3.63, 3.8) is 0 Å². The van der Waals surface area contributed by atoms with Crippen LogP contribution in [0.3, 0.4) is 0 Å². The van der Waals surface area contributed by atoms with Crippen molar-refractivity contribution in [1.29, 1.82) is 0 Å². The minimum Gasteiger partial charge on any atom is -0.480 e.